The summed E-state index contributed by atoms with van der Waals surface area (Å²) in [6.07, 6.45) is 5.53. The first-order valence-corrected chi connectivity index (χ1v) is 12.3. The molecule has 2 fully saturated rings. The van der Waals surface area contributed by atoms with Gasteiger partial charge in [0.2, 0.25) is 17.8 Å². The second-order valence-corrected chi connectivity index (χ2v) is 10.2. The topological polar surface area (TPSA) is 155 Å². The molecular weight excluding hydrogens is 482 g/mol. The number of hydrogen-bond donors (Lipinski definition) is 4. The van der Waals surface area contributed by atoms with Gasteiger partial charge in [-0.2, -0.15) is 10.2 Å². The molecule has 0 spiro atoms. The van der Waals surface area contributed by atoms with Crippen LogP contribution in [0.15, 0.2) is 18.3 Å². The van der Waals surface area contributed by atoms with E-state index in [1.165, 1.54) is 0 Å². The lowest BCUT2D eigenvalue weighted by atomic mass is 9.73. The van der Waals surface area contributed by atoms with Crippen molar-refractivity contribution >= 4 is 34.7 Å². The van der Waals surface area contributed by atoms with Crippen LogP contribution in [-0.2, 0) is 4.79 Å². The standard InChI is InChI=1S/C25H28F2N8O2/c1-25(22(29)37)6-4-15(5-7-25)35-21-19(12-30-23(34-21)31-14-2-3-16(36)10-14)32-24(35)33-20-17(26)8-13(11-28)9-18(20)27/h8-9,12,14-16,36H,2-7,10H2,1H3,(H2,29,37)(H,32,33)(H,30,31,34)/t14-,15?,16-,25?/m1/s1. The molecule has 2 heterocycles. The van der Waals surface area contributed by atoms with Gasteiger partial charge in [0.1, 0.15) is 11.2 Å². The Morgan fingerprint density at radius 2 is 1.92 bits per heavy atom. The predicted octanol–water partition coefficient (Wildman–Crippen LogP) is 3.65. The molecule has 5 rings (SSSR count). The van der Waals surface area contributed by atoms with E-state index >= 15 is 0 Å². The number of aliphatic hydroxyl groups is 1. The number of hydrogen-bond acceptors (Lipinski definition) is 8. The molecule has 1 amide bonds. The van der Waals surface area contributed by atoms with E-state index < -0.39 is 22.7 Å². The molecule has 0 radical (unpaired) electrons. The van der Waals surface area contributed by atoms with E-state index in [-0.39, 0.29) is 35.6 Å². The van der Waals surface area contributed by atoms with Gasteiger partial charge in [-0.15, -0.1) is 0 Å². The third-order valence-electron chi connectivity index (χ3n) is 7.60. The number of nitrogens with one attached hydrogen (secondary N) is 2. The van der Waals surface area contributed by atoms with Crippen LogP contribution in [0.25, 0.3) is 11.2 Å². The number of nitrogens with two attached hydrogens (primary N) is 1. The summed E-state index contributed by atoms with van der Waals surface area (Å²) in [5.41, 5.74) is 5.34. The van der Waals surface area contributed by atoms with Crippen LogP contribution in [0.2, 0.25) is 0 Å². The fourth-order valence-corrected chi connectivity index (χ4v) is 5.28. The second-order valence-electron chi connectivity index (χ2n) is 10.2. The third kappa shape index (κ3) is 4.79. The van der Waals surface area contributed by atoms with Crippen molar-refractivity contribution in [2.45, 2.75) is 70.1 Å². The number of imidazole rings is 1. The molecule has 10 nitrogen and oxygen atoms in total. The third-order valence-corrected chi connectivity index (χ3v) is 7.60. The number of anilines is 3. The van der Waals surface area contributed by atoms with E-state index in [0.29, 0.717) is 55.6 Å². The molecule has 0 unspecified atom stereocenters. The van der Waals surface area contributed by atoms with Crippen molar-refractivity contribution in [3.63, 3.8) is 0 Å². The first kappa shape index (κ1) is 24.8. The van der Waals surface area contributed by atoms with Gasteiger partial charge in [-0.25, -0.2) is 18.7 Å². The largest absolute Gasteiger partial charge is 0.393 e. The van der Waals surface area contributed by atoms with Gasteiger partial charge in [0.15, 0.2) is 17.3 Å². The van der Waals surface area contributed by atoms with Crippen molar-refractivity contribution in [1.29, 1.82) is 5.26 Å². The maximum absolute atomic E-state index is 14.7. The molecule has 194 valence electrons. The molecule has 5 N–H and O–H groups in total. The molecule has 3 aromatic rings. The summed E-state index contributed by atoms with van der Waals surface area (Å²) in [5, 5.41) is 24.9. The lowest BCUT2D eigenvalue weighted by Gasteiger charge is -2.35. The minimum Gasteiger partial charge on any atom is -0.393 e. The number of rotatable bonds is 6. The van der Waals surface area contributed by atoms with Crippen LogP contribution in [0.5, 0.6) is 0 Å². The summed E-state index contributed by atoms with van der Waals surface area (Å²) in [6.45, 7) is 1.85. The molecular formula is C25H28F2N8O2. The van der Waals surface area contributed by atoms with Gasteiger partial charge in [-0.1, -0.05) is 6.92 Å². The number of fused-ring (bicyclic) bond motifs is 1. The monoisotopic (exact) mass is 510 g/mol. The molecule has 2 saturated carbocycles. The Kier molecular flexibility index (Phi) is 6.41. The zero-order valence-corrected chi connectivity index (χ0v) is 20.3. The zero-order chi connectivity index (χ0) is 26.3. The van der Waals surface area contributed by atoms with Crippen molar-refractivity contribution in [3.05, 3.63) is 35.5 Å². The lowest BCUT2D eigenvalue weighted by molar-refractivity contribution is -0.128. The van der Waals surface area contributed by atoms with Crippen molar-refractivity contribution in [2.24, 2.45) is 11.1 Å². The average molecular weight is 511 g/mol. The van der Waals surface area contributed by atoms with Gasteiger partial charge in [-0.05, 0) is 57.1 Å². The fraction of sp³-hybridized carbons (Fsp3) is 0.480. The van der Waals surface area contributed by atoms with Gasteiger partial charge in [0, 0.05) is 17.5 Å². The maximum atomic E-state index is 14.7. The number of aliphatic hydroxyl groups excluding tert-OH is 1. The number of nitrogens with zero attached hydrogens (tertiary/aromatic N) is 5. The van der Waals surface area contributed by atoms with E-state index in [4.69, 9.17) is 11.0 Å². The van der Waals surface area contributed by atoms with E-state index in [9.17, 15) is 18.7 Å². The molecule has 12 heteroatoms. The second kappa shape index (κ2) is 9.55. The Hall–Kier alpha value is -3.85. The quantitative estimate of drug-likeness (QED) is 0.392. The van der Waals surface area contributed by atoms with Gasteiger partial charge in [-0.3, -0.25) is 9.36 Å². The number of carbonyl (C=O) groups excluding carboxylic acids is 1. The van der Waals surface area contributed by atoms with Gasteiger partial charge in [0.25, 0.3) is 0 Å². The molecule has 0 bridgehead atoms. The minimum atomic E-state index is -0.923. The molecule has 0 aliphatic heterocycles. The normalized spacial score (nSPS) is 25.6. The van der Waals surface area contributed by atoms with E-state index in [0.717, 1.165) is 18.6 Å². The number of primary amides is 1. The van der Waals surface area contributed by atoms with Crippen molar-refractivity contribution < 1.29 is 18.7 Å². The maximum Gasteiger partial charge on any atom is 0.224 e. The number of carbonyl (C=O) groups is 1. The number of halogens is 2. The molecule has 2 aliphatic carbocycles. The molecule has 0 saturated heterocycles. The van der Waals surface area contributed by atoms with Crippen LogP contribution >= 0.6 is 0 Å². The smallest absolute Gasteiger partial charge is 0.224 e. The van der Waals surface area contributed by atoms with Crippen LogP contribution in [-0.4, -0.2) is 42.7 Å². The Labute approximate surface area is 211 Å². The Morgan fingerprint density at radius 3 is 2.51 bits per heavy atom. The van der Waals surface area contributed by atoms with Gasteiger partial charge < -0.3 is 21.5 Å². The summed E-state index contributed by atoms with van der Waals surface area (Å²) in [6, 6.07) is 3.51. The number of aromatic nitrogens is 4. The number of benzene rings is 1. The first-order valence-electron chi connectivity index (χ1n) is 12.3. The first-order chi connectivity index (χ1) is 17.7. The minimum absolute atomic E-state index is 0.0363. The van der Waals surface area contributed by atoms with Gasteiger partial charge >= 0.3 is 0 Å². The SMILES string of the molecule is CC1(C(N)=O)CCC(n2c(Nc3c(F)cc(C#N)cc3F)nc3cnc(N[C@@H]4CC[C@@H](O)C4)nc32)CC1. The lowest BCUT2D eigenvalue weighted by Crippen LogP contribution is -2.38. The number of nitriles is 1. The van der Waals surface area contributed by atoms with Gasteiger partial charge in [0.05, 0.1) is 23.9 Å². The average Bonchev–Trinajstić information content (AvgIpc) is 3.44. The van der Waals surface area contributed by atoms with Crippen LogP contribution in [0.1, 0.15) is 63.5 Å². The molecule has 1 aromatic carbocycles. The number of amides is 1. The Balaban J connectivity index is 1.54. The van der Waals surface area contributed by atoms with Crippen LogP contribution in [0, 0.1) is 28.4 Å². The van der Waals surface area contributed by atoms with Crippen LogP contribution < -0.4 is 16.4 Å². The summed E-state index contributed by atoms with van der Waals surface area (Å²) >= 11 is 0. The van der Waals surface area contributed by atoms with Crippen molar-refractivity contribution in [2.75, 3.05) is 10.6 Å². The van der Waals surface area contributed by atoms with Crippen LogP contribution in [0.3, 0.4) is 0 Å². The highest BCUT2D eigenvalue weighted by Crippen LogP contribution is 2.43. The fourth-order valence-electron chi connectivity index (χ4n) is 5.28. The Bertz CT molecular complexity index is 1370. The highest BCUT2D eigenvalue weighted by molar-refractivity contribution is 5.80. The van der Waals surface area contributed by atoms with Crippen molar-refractivity contribution in [1.82, 2.24) is 19.5 Å². The van der Waals surface area contributed by atoms with E-state index in [1.807, 2.05) is 6.92 Å². The van der Waals surface area contributed by atoms with Crippen molar-refractivity contribution in [3.8, 4) is 6.07 Å². The highest BCUT2D eigenvalue weighted by Gasteiger charge is 2.38. The zero-order valence-electron chi connectivity index (χ0n) is 20.3. The van der Waals surface area contributed by atoms with E-state index in [2.05, 4.69) is 25.6 Å². The summed E-state index contributed by atoms with van der Waals surface area (Å²) in [4.78, 5) is 25.6. The molecule has 2 aliphatic rings. The van der Waals surface area contributed by atoms with E-state index in [1.54, 1.807) is 16.8 Å². The molecule has 2 atom stereocenters. The summed E-state index contributed by atoms with van der Waals surface area (Å²) < 4.78 is 31.2. The molecule has 37 heavy (non-hydrogen) atoms. The summed E-state index contributed by atoms with van der Waals surface area (Å²) in [5.74, 6) is -1.66. The Morgan fingerprint density at radius 1 is 1.22 bits per heavy atom. The molecule has 2 aromatic heterocycles. The highest BCUT2D eigenvalue weighted by atomic mass is 19.1. The summed E-state index contributed by atoms with van der Waals surface area (Å²) in [7, 11) is 0. The predicted molar refractivity (Wildman–Crippen MR) is 132 cm³/mol. The van der Waals surface area contributed by atoms with Crippen LogP contribution in [0.4, 0.5) is 26.4 Å².